The molecule has 16 heavy (non-hydrogen) atoms. The zero-order chi connectivity index (χ0) is 11.9. The van der Waals surface area contributed by atoms with Gasteiger partial charge in [0.15, 0.2) is 5.52 Å². The smallest absolute Gasteiger partial charge is 0.299 e. The Morgan fingerprint density at radius 2 is 1.62 bits per heavy atom. The molecule has 78 valence electrons. The maximum Gasteiger partial charge on any atom is 0.466 e. The minimum absolute atomic E-state index is 0.171. The number of hydrogen-bond acceptors (Lipinski definition) is 3. The number of aromatic amines is 2. The van der Waals surface area contributed by atoms with E-state index in [2.05, 4.69) is 19.9 Å². The molecular formula is C7H2N6O3. The van der Waals surface area contributed by atoms with Crippen LogP contribution < -0.4 is 16.9 Å². The van der Waals surface area contributed by atoms with Gasteiger partial charge in [-0.3, -0.25) is 14.8 Å². The summed E-state index contributed by atoms with van der Waals surface area (Å²) < 4.78 is 0.608. The van der Waals surface area contributed by atoms with Gasteiger partial charge in [0.1, 0.15) is 0 Å². The molecule has 9 nitrogen and oxygen atoms in total. The average Bonchev–Trinajstić information content (AvgIpc) is 2.62. The molecule has 0 aliphatic carbocycles. The van der Waals surface area contributed by atoms with E-state index >= 15 is 0 Å². The van der Waals surface area contributed by atoms with Crippen molar-refractivity contribution in [1.29, 1.82) is 0 Å². The molecule has 0 saturated carbocycles. The monoisotopic (exact) mass is 218 g/mol. The number of nitrogens with one attached hydrogen (secondary N) is 2. The van der Waals surface area contributed by atoms with Crippen LogP contribution in [0.2, 0.25) is 0 Å². The van der Waals surface area contributed by atoms with Crippen LogP contribution in [-0.2, 0) is 0 Å². The van der Waals surface area contributed by atoms with Crippen molar-refractivity contribution in [2.45, 2.75) is 0 Å². The van der Waals surface area contributed by atoms with E-state index in [0.29, 0.717) is 4.68 Å². The Morgan fingerprint density at radius 3 is 2.19 bits per heavy atom. The van der Waals surface area contributed by atoms with E-state index in [0.717, 1.165) is 0 Å². The second kappa shape index (κ2) is 2.96. The fraction of sp³-hybridized carbons (Fsp3) is 0. The zero-order valence-corrected chi connectivity index (χ0v) is 7.51. The van der Waals surface area contributed by atoms with Gasteiger partial charge in [0.25, 0.3) is 0 Å². The van der Waals surface area contributed by atoms with E-state index in [-0.39, 0.29) is 15.8 Å². The maximum absolute atomic E-state index is 11.5. The molecule has 0 unspecified atom stereocenters. The van der Waals surface area contributed by atoms with Crippen LogP contribution in [0.3, 0.4) is 0 Å². The van der Waals surface area contributed by atoms with Crippen LogP contribution in [0.25, 0.3) is 21.1 Å². The van der Waals surface area contributed by atoms with Crippen molar-refractivity contribution in [3.05, 3.63) is 54.4 Å². The Balaban J connectivity index is 3.29. The molecule has 2 heterocycles. The first-order chi connectivity index (χ1) is 7.60. The van der Waals surface area contributed by atoms with Crippen LogP contribution in [0.15, 0.2) is 14.4 Å². The van der Waals surface area contributed by atoms with Crippen LogP contribution in [0.4, 0.5) is 0 Å². The van der Waals surface area contributed by atoms with Gasteiger partial charge in [-0.15, -0.1) is 9.91 Å². The summed E-state index contributed by atoms with van der Waals surface area (Å²) in [5.74, 6) is 0. The van der Waals surface area contributed by atoms with E-state index < -0.39 is 16.9 Å². The Hall–Kier alpha value is -3.07. The normalized spacial score (nSPS) is 9.88. The van der Waals surface area contributed by atoms with Gasteiger partial charge in [-0.05, 0) is 0 Å². The van der Waals surface area contributed by atoms with E-state index in [1.807, 2.05) is 0 Å². The van der Waals surface area contributed by atoms with Crippen molar-refractivity contribution in [1.82, 2.24) is 19.3 Å². The Kier molecular flexibility index (Phi) is 1.76. The highest BCUT2D eigenvalue weighted by Gasteiger charge is 2.21. The number of imidazole rings is 1. The van der Waals surface area contributed by atoms with Crippen LogP contribution >= 0.6 is 0 Å². The molecule has 0 atom stereocenters. The minimum Gasteiger partial charge on any atom is -0.299 e. The largest absolute Gasteiger partial charge is 0.466 e. The Bertz CT molecular complexity index is 833. The summed E-state index contributed by atoms with van der Waals surface area (Å²) in [5, 5.41) is 0. The van der Waals surface area contributed by atoms with Crippen LogP contribution in [0, 0.1) is 13.1 Å². The highest BCUT2D eigenvalue weighted by molar-refractivity contribution is 5.69. The van der Waals surface area contributed by atoms with Gasteiger partial charge in [-0.25, -0.2) is 9.59 Å². The number of aromatic nitrogens is 4. The van der Waals surface area contributed by atoms with Crippen LogP contribution in [-0.4, -0.2) is 19.3 Å². The molecule has 9 heteroatoms. The first-order valence-corrected chi connectivity index (χ1v) is 3.85. The molecule has 2 aromatic heterocycles. The third-order valence-corrected chi connectivity index (χ3v) is 1.89. The average molecular weight is 218 g/mol. The van der Waals surface area contributed by atoms with Crippen LogP contribution in [0.5, 0.6) is 0 Å². The Labute approximate surface area is 85.8 Å². The fourth-order valence-electron chi connectivity index (χ4n) is 1.25. The number of rotatable bonds is 0. The van der Waals surface area contributed by atoms with Gasteiger partial charge in [0.2, 0.25) is 5.65 Å². The summed E-state index contributed by atoms with van der Waals surface area (Å²) >= 11 is 0. The molecule has 2 N–H and O–H groups in total. The number of fused-ring (bicyclic) bond motifs is 1. The quantitative estimate of drug-likeness (QED) is 0.528. The van der Waals surface area contributed by atoms with E-state index in [4.69, 9.17) is 13.1 Å². The first kappa shape index (κ1) is 9.48. The van der Waals surface area contributed by atoms with Gasteiger partial charge in [0.05, 0.1) is 4.68 Å². The number of H-pyrrole nitrogens is 2. The maximum atomic E-state index is 11.5. The van der Waals surface area contributed by atoms with Gasteiger partial charge in [-0.2, -0.15) is 13.1 Å². The molecule has 0 fully saturated rings. The number of hydrogen-bond donors (Lipinski definition) is 2. The molecule has 0 aliphatic heterocycles. The predicted octanol–water partition coefficient (Wildman–Crippen LogP) is -1.46. The lowest BCUT2D eigenvalue weighted by molar-refractivity contribution is 0.820. The predicted molar refractivity (Wildman–Crippen MR) is 51.4 cm³/mol. The molecule has 0 spiro atoms. The highest BCUT2D eigenvalue weighted by Crippen LogP contribution is 1.97. The van der Waals surface area contributed by atoms with Crippen molar-refractivity contribution < 1.29 is 0 Å². The van der Waals surface area contributed by atoms with Crippen molar-refractivity contribution in [2.24, 2.45) is 0 Å². The van der Waals surface area contributed by atoms with Gasteiger partial charge in [0, 0.05) is 4.68 Å². The molecule has 2 aromatic rings. The molecule has 0 aromatic carbocycles. The second-order valence-electron chi connectivity index (χ2n) is 2.71. The van der Waals surface area contributed by atoms with Crippen LogP contribution in [0.1, 0.15) is 0 Å². The third-order valence-electron chi connectivity index (χ3n) is 1.89. The van der Waals surface area contributed by atoms with E-state index in [1.165, 1.54) is 0 Å². The van der Waals surface area contributed by atoms with Crippen molar-refractivity contribution in [3.63, 3.8) is 0 Å². The summed E-state index contributed by atoms with van der Waals surface area (Å²) in [6.07, 6.45) is 0. The summed E-state index contributed by atoms with van der Waals surface area (Å²) in [4.78, 5) is 43.7. The lowest BCUT2D eigenvalue weighted by Gasteiger charge is -1.90. The van der Waals surface area contributed by atoms with Gasteiger partial charge < -0.3 is 0 Å². The molecule has 0 radical (unpaired) electrons. The van der Waals surface area contributed by atoms with Crippen molar-refractivity contribution in [2.75, 3.05) is 0 Å². The summed E-state index contributed by atoms with van der Waals surface area (Å²) in [5.41, 5.74) is -3.33. The first-order valence-electron chi connectivity index (χ1n) is 3.85. The molecular weight excluding hydrogens is 216 g/mol. The molecule has 2 rings (SSSR count). The lowest BCUT2D eigenvalue weighted by atomic mass is 10.5. The summed E-state index contributed by atoms with van der Waals surface area (Å²) in [7, 11) is 0. The fourth-order valence-corrected chi connectivity index (χ4v) is 1.25. The van der Waals surface area contributed by atoms with Gasteiger partial charge in [-0.1, -0.05) is 0 Å². The molecule has 0 bridgehead atoms. The topological polar surface area (TPSA) is 101 Å². The highest BCUT2D eigenvalue weighted by atomic mass is 16.2. The Morgan fingerprint density at radius 1 is 1.00 bits per heavy atom. The lowest BCUT2D eigenvalue weighted by Crippen LogP contribution is -2.35. The second-order valence-corrected chi connectivity index (χ2v) is 2.71. The molecule has 0 aliphatic rings. The minimum atomic E-state index is -1.11. The third kappa shape index (κ3) is 0.994. The van der Waals surface area contributed by atoms with Gasteiger partial charge >= 0.3 is 16.9 Å². The van der Waals surface area contributed by atoms with Crippen molar-refractivity contribution >= 4 is 11.2 Å². The molecule has 0 saturated heterocycles. The standard InChI is InChI=1S/C7H2N6O3/c1-8-12-4-3(10-6(15)11-4)5(14)13(9-2)7(12)16/h(H2,10,11,15). The zero-order valence-electron chi connectivity index (χ0n) is 7.51. The summed E-state index contributed by atoms with van der Waals surface area (Å²) in [6, 6.07) is 0. The van der Waals surface area contributed by atoms with E-state index in [1.54, 1.807) is 0 Å². The number of nitrogens with zero attached hydrogens (tertiary/aromatic N) is 4. The SMILES string of the molecule is [C-]#[N+]n1c(=O)c2[nH]c(=O)[nH]c2n([N+]#[C-])c1=O. The molecule has 0 amide bonds. The van der Waals surface area contributed by atoms with E-state index in [9.17, 15) is 14.4 Å². The van der Waals surface area contributed by atoms with Crippen molar-refractivity contribution in [3.8, 4) is 0 Å². The summed E-state index contributed by atoms with van der Waals surface area (Å²) in [6.45, 7) is 13.4.